The molecule has 4 atom stereocenters. The number of morpholine rings is 1. The second-order valence-electron chi connectivity index (χ2n) is 7.51. The van der Waals surface area contributed by atoms with Gasteiger partial charge < -0.3 is 10.1 Å². The van der Waals surface area contributed by atoms with E-state index in [4.69, 9.17) is 4.74 Å². The zero-order valence-corrected chi connectivity index (χ0v) is 13.4. The third-order valence-corrected chi connectivity index (χ3v) is 5.15. The zero-order valence-electron chi connectivity index (χ0n) is 13.4. The zero-order chi connectivity index (χ0) is 14.0. The highest BCUT2D eigenvalue weighted by Gasteiger charge is 2.38. The summed E-state index contributed by atoms with van der Waals surface area (Å²) in [6.07, 6.45) is 4.41. The summed E-state index contributed by atoms with van der Waals surface area (Å²) in [5.74, 6) is 0.847. The van der Waals surface area contributed by atoms with Gasteiger partial charge in [-0.15, -0.1) is 0 Å². The van der Waals surface area contributed by atoms with Crippen molar-refractivity contribution >= 4 is 0 Å². The van der Waals surface area contributed by atoms with Crippen LogP contribution in [0.25, 0.3) is 0 Å². The van der Waals surface area contributed by atoms with E-state index in [2.05, 4.69) is 45.0 Å². The number of nitrogens with one attached hydrogen (secondary N) is 1. The standard InChI is InChI=1S/C16H32N2O/c1-12-11-18(8-9-19-12)15-10-13(16(2,3)4)6-7-14(15)17-5/h12-15,17H,6-11H2,1-5H3. The number of hydrogen-bond donors (Lipinski definition) is 1. The Kier molecular flexibility index (Phi) is 4.91. The lowest BCUT2D eigenvalue weighted by molar-refractivity contribution is -0.0536. The number of hydrogen-bond acceptors (Lipinski definition) is 3. The van der Waals surface area contributed by atoms with Gasteiger partial charge in [-0.2, -0.15) is 0 Å². The SMILES string of the molecule is CNC1CCC(C(C)(C)C)CC1N1CCOC(C)C1. The van der Waals surface area contributed by atoms with E-state index in [9.17, 15) is 0 Å². The number of likely N-dealkylation sites (N-methyl/N-ethyl adjacent to an activating group) is 1. The van der Waals surface area contributed by atoms with Crippen LogP contribution in [-0.2, 0) is 4.74 Å². The molecule has 1 heterocycles. The van der Waals surface area contributed by atoms with Crippen molar-refractivity contribution in [2.45, 2.75) is 65.1 Å². The molecule has 0 aromatic rings. The number of rotatable bonds is 2. The first-order valence-electron chi connectivity index (χ1n) is 7.94. The normalized spacial score (nSPS) is 38.4. The van der Waals surface area contributed by atoms with E-state index >= 15 is 0 Å². The lowest BCUT2D eigenvalue weighted by atomic mass is 9.69. The molecule has 4 unspecified atom stereocenters. The van der Waals surface area contributed by atoms with Crippen molar-refractivity contribution in [3.05, 3.63) is 0 Å². The fourth-order valence-electron chi connectivity index (χ4n) is 3.82. The molecule has 3 heteroatoms. The van der Waals surface area contributed by atoms with Crippen molar-refractivity contribution < 1.29 is 4.74 Å². The molecule has 1 saturated carbocycles. The lowest BCUT2D eigenvalue weighted by Gasteiger charge is -2.48. The molecule has 2 aliphatic rings. The summed E-state index contributed by atoms with van der Waals surface area (Å²) in [5, 5.41) is 3.56. The molecule has 1 N–H and O–H groups in total. The van der Waals surface area contributed by atoms with Crippen LogP contribution in [0.5, 0.6) is 0 Å². The second kappa shape index (κ2) is 6.11. The minimum Gasteiger partial charge on any atom is -0.376 e. The van der Waals surface area contributed by atoms with Crippen LogP contribution < -0.4 is 5.32 Å². The highest BCUT2D eigenvalue weighted by atomic mass is 16.5. The smallest absolute Gasteiger partial charge is 0.0674 e. The van der Waals surface area contributed by atoms with Crippen LogP contribution in [0.3, 0.4) is 0 Å². The van der Waals surface area contributed by atoms with Crippen LogP contribution in [0.2, 0.25) is 0 Å². The second-order valence-corrected chi connectivity index (χ2v) is 7.51. The number of ether oxygens (including phenoxy) is 1. The van der Waals surface area contributed by atoms with Gasteiger partial charge in [0.25, 0.3) is 0 Å². The summed E-state index contributed by atoms with van der Waals surface area (Å²) in [6.45, 7) is 12.5. The Morgan fingerprint density at radius 1 is 1.21 bits per heavy atom. The predicted molar refractivity (Wildman–Crippen MR) is 80.4 cm³/mol. The minimum absolute atomic E-state index is 0.390. The topological polar surface area (TPSA) is 24.5 Å². The Labute approximate surface area is 119 Å². The van der Waals surface area contributed by atoms with Crippen molar-refractivity contribution in [3.8, 4) is 0 Å². The Balaban J connectivity index is 2.05. The molecule has 0 amide bonds. The Bertz CT molecular complexity index is 287. The van der Waals surface area contributed by atoms with Crippen molar-refractivity contribution in [1.29, 1.82) is 0 Å². The molecule has 3 nitrogen and oxygen atoms in total. The molecule has 112 valence electrons. The van der Waals surface area contributed by atoms with Crippen LogP contribution in [0, 0.1) is 11.3 Å². The van der Waals surface area contributed by atoms with E-state index in [-0.39, 0.29) is 0 Å². The van der Waals surface area contributed by atoms with Crippen LogP contribution >= 0.6 is 0 Å². The third-order valence-electron chi connectivity index (χ3n) is 5.15. The summed E-state index contributed by atoms with van der Waals surface area (Å²) >= 11 is 0. The molecule has 0 bridgehead atoms. The summed E-state index contributed by atoms with van der Waals surface area (Å²) in [6, 6.07) is 1.35. The summed E-state index contributed by atoms with van der Waals surface area (Å²) < 4.78 is 5.70. The molecule has 2 fully saturated rings. The third kappa shape index (κ3) is 3.71. The average molecular weight is 268 g/mol. The fraction of sp³-hybridized carbons (Fsp3) is 1.00. The van der Waals surface area contributed by atoms with Crippen LogP contribution in [-0.4, -0.2) is 49.8 Å². The van der Waals surface area contributed by atoms with Crippen LogP contribution in [0.4, 0.5) is 0 Å². The maximum atomic E-state index is 5.70. The molecule has 1 aliphatic heterocycles. The Morgan fingerprint density at radius 2 is 1.95 bits per heavy atom. The first-order valence-corrected chi connectivity index (χ1v) is 7.94. The van der Waals surface area contributed by atoms with E-state index < -0.39 is 0 Å². The van der Waals surface area contributed by atoms with E-state index in [1.165, 1.54) is 19.3 Å². The van der Waals surface area contributed by atoms with Crippen molar-refractivity contribution in [2.24, 2.45) is 11.3 Å². The van der Waals surface area contributed by atoms with Gasteiger partial charge in [0, 0.05) is 25.2 Å². The van der Waals surface area contributed by atoms with Crippen LogP contribution in [0.1, 0.15) is 47.0 Å². The van der Waals surface area contributed by atoms with Crippen LogP contribution in [0.15, 0.2) is 0 Å². The molecule has 0 radical (unpaired) electrons. The van der Waals surface area contributed by atoms with Crippen molar-refractivity contribution in [3.63, 3.8) is 0 Å². The number of nitrogens with zero attached hydrogens (tertiary/aromatic N) is 1. The molecule has 19 heavy (non-hydrogen) atoms. The molecule has 1 aliphatic carbocycles. The van der Waals surface area contributed by atoms with Gasteiger partial charge in [-0.05, 0) is 44.6 Å². The summed E-state index contributed by atoms with van der Waals surface area (Å²) in [5.41, 5.74) is 0.439. The van der Waals surface area contributed by atoms with Gasteiger partial charge in [-0.25, -0.2) is 0 Å². The first-order chi connectivity index (χ1) is 8.91. The van der Waals surface area contributed by atoms with E-state index in [0.29, 0.717) is 23.6 Å². The monoisotopic (exact) mass is 268 g/mol. The first kappa shape index (κ1) is 15.3. The van der Waals surface area contributed by atoms with Crippen molar-refractivity contribution in [2.75, 3.05) is 26.7 Å². The lowest BCUT2D eigenvalue weighted by Crippen LogP contribution is -2.57. The van der Waals surface area contributed by atoms with Gasteiger partial charge in [0.1, 0.15) is 0 Å². The fourth-order valence-corrected chi connectivity index (χ4v) is 3.82. The Hall–Kier alpha value is -0.120. The molecule has 0 aromatic heterocycles. The molecule has 0 spiro atoms. The minimum atomic E-state index is 0.390. The van der Waals surface area contributed by atoms with Gasteiger partial charge in [0.05, 0.1) is 12.7 Å². The van der Waals surface area contributed by atoms with Gasteiger partial charge in [-0.3, -0.25) is 4.90 Å². The molecular weight excluding hydrogens is 236 g/mol. The highest BCUT2D eigenvalue weighted by Crippen LogP contribution is 2.39. The summed E-state index contributed by atoms with van der Waals surface area (Å²) in [7, 11) is 2.12. The molecule has 0 aromatic carbocycles. The maximum absolute atomic E-state index is 5.70. The highest BCUT2D eigenvalue weighted by molar-refractivity contribution is 4.94. The van der Waals surface area contributed by atoms with Gasteiger partial charge >= 0.3 is 0 Å². The average Bonchev–Trinajstić information content (AvgIpc) is 2.37. The summed E-state index contributed by atoms with van der Waals surface area (Å²) in [4.78, 5) is 2.67. The van der Waals surface area contributed by atoms with E-state index in [1.54, 1.807) is 0 Å². The van der Waals surface area contributed by atoms with Gasteiger partial charge in [0.2, 0.25) is 0 Å². The Morgan fingerprint density at radius 3 is 2.53 bits per heavy atom. The maximum Gasteiger partial charge on any atom is 0.0674 e. The van der Waals surface area contributed by atoms with E-state index in [0.717, 1.165) is 25.6 Å². The quantitative estimate of drug-likeness (QED) is 0.833. The molecule has 2 rings (SSSR count). The predicted octanol–water partition coefficient (Wildman–Crippen LogP) is 2.51. The van der Waals surface area contributed by atoms with E-state index in [1.807, 2.05) is 0 Å². The molecule has 1 saturated heterocycles. The van der Waals surface area contributed by atoms with Gasteiger partial charge in [0.15, 0.2) is 0 Å². The van der Waals surface area contributed by atoms with Crippen molar-refractivity contribution in [1.82, 2.24) is 10.2 Å². The molecular formula is C16H32N2O. The van der Waals surface area contributed by atoms with Gasteiger partial charge in [-0.1, -0.05) is 20.8 Å². The largest absolute Gasteiger partial charge is 0.376 e.